The summed E-state index contributed by atoms with van der Waals surface area (Å²) in [6, 6.07) is 31.8. The molecular weight excluding hydrogens is 1050 g/mol. The van der Waals surface area contributed by atoms with Gasteiger partial charge in [-0.05, 0) is 170 Å². The SMILES string of the molecule is C=C(C)C(=O)OCCCOc1ccc(-c2cc(OC(=O)C(=C)C/C=C(/C)C(=O)Oc3ccc(-c4cc(OC(=O)C(=C)C)cc(-c5ccc(OC(=O)C(=C)C)cc5)c4)cc3)cc(-c3ccc(OCCCOC(=O)C(=C)C)c(F)c3)c2)cc1F. The van der Waals surface area contributed by atoms with Crippen LogP contribution in [0.4, 0.5) is 8.78 Å². The van der Waals surface area contributed by atoms with Crippen molar-refractivity contribution in [2.24, 2.45) is 0 Å². The van der Waals surface area contributed by atoms with Gasteiger partial charge in [0.1, 0.15) is 23.0 Å². The van der Waals surface area contributed by atoms with Gasteiger partial charge in [0.05, 0.1) is 26.4 Å². The third-order valence-electron chi connectivity index (χ3n) is 11.8. The summed E-state index contributed by atoms with van der Waals surface area (Å²) < 4.78 is 74.8. The molecular formula is C66H60F2O14. The average molecular weight is 1120 g/mol. The molecule has 0 saturated heterocycles. The molecule has 0 bridgehead atoms. The van der Waals surface area contributed by atoms with Crippen molar-refractivity contribution in [1.29, 1.82) is 0 Å². The first-order valence-electron chi connectivity index (χ1n) is 25.6. The lowest BCUT2D eigenvalue weighted by Gasteiger charge is -2.14. The Bertz CT molecular complexity index is 3410. The normalized spacial score (nSPS) is 10.8. The van der Waals surface area contributed by atoms with E-state index in [0.717, 1.165) is 5.56 Å². The fourth-order valence-corrected chi connectivity index (χ4v) is 7.26. The molecule has 16 heteroatoms. The van der Waals surface area contributed by atoms with Gasteiger partial charge >= 0.3 is 35.8 Å². The second-order valence-electron chi connectivity index (χ2n) is 18.9. The van der Waals surface area contributed by atoms with Gasteiger partial charge in [0.2, 0.25) is 0 Å². The highest BCUT2D eigenvalue weighted by Crippen LogP contribution is 2.37. The molecule has 0 unspecified atom stereocenters. The summed E-state index contributed by atoms with van der Waals surface area (Å²) in [4.78, 5) is 74.9. The molecule has 0 heterocycles. The average Bonchev–Trinajstić information content (AvgIpc) is 3.66. The van der Waals surface area contributed by atoms with Gasteiger partial charge in [-0.1, -0.05) is 75.4 Å². The third kappa shape index (κ3) is 17.8. The number of halogens is 2. The number of benzene rings is 6. The first kappa shape index (κ1) is 61.3. The number of hydrogen-bond acceptors (Lipinski definition) is 14. The zero-order chi connectivity index (χ0) is 59.6. The van der Waals surface area contributed by atoms with Crippen LogP contribution in [0.25, 0.3) is 44.5 Å². The van der Waals surface area contributed by atoms with Crippen molar-refractivity contribution in [2.75, 3.05) is 26.4 Å². The summed E-state index contributed by atoms with van der Waals surface area (Å²) in [5.41, 5.74) is 5.30. The van der Waals surface area contributed by atoms with Crippen molar-refractivity contribution in [3.63, 3.8) is 0 Å². The minimum Gasteiger partial charge on any atom is -0.490 e. The van der Waals surface area contributed by atoms with Gasteiger partial charge in [-0.3, -0.25) is 0 Å². The summed E-state index contributed by atoms with van der Waals surface area (Å²) >= 11 is 0. The van der Waals surface area contributed by atoms with Crippen LogP contribution in [-0.4, -0.2) is 62.2 Å². The van der Waals surface area contributed by atoms with Gasteiger partial charge in [0.25, 0.3) is 0 Å². The molecule has 0 N–H and O–H groups in total. The largest absolute Gasteiger partial charge is 0.490 e. The molecule has 0 fully saturated rings. The number of rotatable bonds is 26. The molecule has 6 aromatic carbocycles. The molecule has 0 aromatic heterocycles. The van der Waals surface area contributed by atoms with Crippen LogP contribution in [0.5, 0.6) is 34.5 Å². The molecule has 0 amide bonds. The monoisotopic (exact) mass is 1110 g/mol. The summed E-state index contributed by atoms with van der Waals surface area (Å²) in [5, 5.41) is 0. The molecule has 6 aromatic rings. The Morgan fingerprint density at radius 1 is 0.378 bits per heavy atom. The van der Waals surface area contributed by atoms with Crippen LogP contribution in [0.1, 0.15) is 53.9 Å². The van der Waals surface area contributed by atoms with Crippen molar-refractivity contribution >= 4 is 35.8 Å². The summed E-state index contributed by atoms with van der Waals surface area (Å²) in [5.74, 6) is -4.57. The Morgan fingerprint density at radius 3 is 1.10 bits per heavy atom. The number of carbonyl (C=O) groups is 6. The Balaban J connectivity index is 1.15. The van der Waals surface area contributed by atoms with Crippen molar-refractivity contribution in [3.05, 3.63) is 205 Å². The lowest BCUT2D eigenvalue weighted by Crippen LogP contribution is -2.12. The van der Waals surface area contributed by atoms with Gasteiger partial charge in [-0.25, -0.2) is 37.5 Å². The van der Waals surface area contributed by atoms with Crippen LogP contribution >= 0.6 is 0 Å². The van der Waals surface area contributed by atoms with E-state index < -0.39 is 47.5 Å². The number of esters is 6. The molecule has 0 aliphatic heterocycles. The standard InChI is InChI=1S/C66H60F2O14/c1-39(2)61(69)77-29-11-27-75-59-25-19-47(37-57(59)67)51-32-52(48-20-26-60(58(68)38-48)76-28-12-30-78-62(70)40(3)4)36-56(35-51)82-66(74)44(10)14-13-43(9)65(73)80-54-23-17-46(18-24-54)50-31-49(33-55(34-50)81-64(72)42(7)8)45-15-21-53(22-16-45)79-63(71)41(5)6/h13,15-26,31-38H,1,3,5,7,10-12,14,27-30H2,2,4,6,8-9H3/b43-13-. The highest BCUT2D eigenvalue weighted by Gasteiger charge is 2.18. The van der Waals surface area contributed by atoms with E-state index in [-0.39, 0.29) is 95.0 Å². The van der Waals surface area contributed by atoms with Crippen molar-refractivity contribution in [1.82, 2.24) is 0 Å². The molecule has 82 heavy (non-hydrogen) atoms. The summed E-state index contributed by atoms with van der Waals surface area (Å²) in [6.07, 6.45) is 1.93. The number of ether oxygens (including phenoxy) is 8. The topological polar surface area (TPSA) is 176 Å². The van der Waals surface area contributed by atoms with Gasteiger partial charge < -0.3 is 37.9 Å². The van der Waals surface area contributed by atoms with Crippen LogP contribution in [0, 0.1) is 11.6 Å². The minimum atomic E-state index is -0.855. The van der Waals surface area contributed by atoms with Crippen LogP contribution in [-0.2, 0) is 38.2 Å². The zero-order valence-electron chi connectivity index (χ0n) is 46.1. The number of hydrogen-bond donors (Lipinski definition) is 0. The third-order valence-corrected chi connectivity index (χ3v) is 11.8. The molecule has 0 saturated carbocycles. The first-order chi connectivity index (χ1) is 39.0. The van der Waals surface area contributed by atoms with Gasteiger partial charge in [0, 0.05) is 46.3 Å². The van der Waals surface area contributed by atoms with Crippen LogP contribution in [0.2, 0.25) is 0 Å². The van der Waals surface area contributed by atoms with Crippen molar-refractivity contribution in [3.8, 4) is 79.0 Å². The Kier molecular flexibility index (Phi) is 21.5. The fraction of sp³-hybridized carbons (Fsp3) is 0.182. The summed E-state index contributed by atoms with van der Waals surface area (Å²) in [7, 11) is 0. The Morgan fingerprint density at radius 2 is 0.720 bits per heavy atom. The van der Waals surface area contributed by atoms with E-state index in [1.54, 1.807) is 85.8 Å². The molecule has 0 aliphatic carbocycles. The minimum absolute atomic E-state index is 0.00517. The van der Waals surface area contributed by atoms with Crippen LogP contribution in [0.3, 0.4) is 0 Å². The van der Waals surface area contributed by atoms with Crippen LogP contribution in [0.15, 0.2) is 194 Å². The maximum Gasteiger partial charge on any atom is 0.339 e. The molecule has 0 aliphatic rings. The number of allylic oxidation sites excluding steroid dienone is 1. The Labute approximate surface area is 474 Å². The van der Waals surface area contributed by atoms with E-state index in [2.05, 4.69) is 32.9 Å². The van der Waals surface area contributed by atoms with E-state index in [1.165, 1.54) is 70.2 Å². The maximum absolute atomic E-state index is 15.5. The van der Waals surface area contributed by atoms with Gasteiger partial charge in [0.15, 0.2) is 23.1 Å². The predicted molar refractivity (Wildman–Crippen MR) is 306 cm³/mol. The van der Waals surface area contributed by atoms with E-state index in [4.69, 9.17) is 37.9 Å². The van der Waals surface area contributed by atoms with Crippen molar-refractivity contribution < 1.29 is 75.4 Å². The van der Waals surface area contributed by atoms with Gasteiger partial charge in [-0.15, -0.1) is 0 Å². The van der Waals surface area contributed by atoms with Gasteiger partial charge in [-0.2, -0.15) is 0 Å². The van der Waals surface area contributed by atoms with E-state index in [1.807, 2.05) is 6.07 Å². The molecule has 6 rings (SSSR count). The zero-order valence-corrected chi connectivity index (χ0v) is 46.1. The van der Waals surface area contributed by atoms with E-state index >= 15 is 8.78 Å². The molecule has 14 nitrogen and oxygen atoms in total. The first-order valence-corrected chi connectivity index (χ1v) is 25.6. The number of carbonyl (C=O) groups excluding carboxylic acids is 6. The van der Waals surface area contributed by atoms with Crippen molar-refractivity contribution in [2.45, 2.75) is 53.9 Å². The molecule has 422 valence electrons. The highest BCUT2D eigenvalue weighted by molar-refractivity contribution is 5.93. The van der Waals surface area contributed by atoms with Crippen LogP contribution < -0.4 is 28.4 Å². The quantitative estimate of drug-likeness (QED) is 0.0217. The lowest BCUT2D eigenvalue weighted by atomic mass is 9.98. The molecule has 0 radical (unpaired) electrons. The highest BCUT2D eigenvalue weighted by atomic mass is 19.1. The molecule has 0 atom stereocenters. The molecule has 0 spiro atoms. The lowest BCUT2D eigenvalue weighted by molar-refractivity contribution is -0.140. The fourth-order valence-electron chi connectivity index (χ4n) is 7.26. The van der Waals surface area contributed by atoms with E-state index in [9.17, 15) is 28.8 Å². The second kappa shape index (κ2) is 28.8. The maximum atomic E-state index is 15.5. The smallest absolute Gasteiger partial charge is 0.339 e. The van der Waals surface area contributed by atoms with E-state index in [0.29, 0.717) is 57.5 Å². The Hall–Kier alpha value is -9.96. The second-order valence-corrected chi connectivity index (χ2v) is 18.9. The predicted octanol–water partition coefficient (Wildman–Crippen LogP) is 13.8. The summed E-state index contributed by atoms with van der Waals surface area (Å²) in [6.45, 7) is 26.1.